The quantitative estimate of drug-likeness (QED) is 0.573. The molecule has 0 bridgehead atoms. The number of nitrogens with one attached hydrogen (secondary N) is 2. The van der Waals surface area contributed by atoms with Gasteiger partial charge in [0, 0.05) is 29.2 Å². The van der Waals surface area contributed by atoms with Gasteiger partial charge in [0.1, 0.15) is 5.75 Å². The number of benzene rings is 2. The molecule has 1 amide bonds. The Bertz CT molecular complexity index is 809. The summed E-state index contributed by atoms with van der Waals surface area (Å²) < 4.78 is 5.57. The minimum absolute atomic E-state index is 0. The monoisotopic (exact) mass is 411 g/mol. The van der Waals surface area contributed by atoms with Crippen LogP contribution in [0.15, 0.2) is 42.5 Å². The number of hydrogen-bond acceptors (Lipinski definition) is 5. The zero-order valence-corrected chi connectivity index (χ0v) is 15.9. The van der Waals surface area contributed by atoms with Crippen LogP contribution in [-0.4, -0.2) is 30.0 Å². The second-order valence-electron chi connectivity index (χ2n) is 6.01. The number of rotatable bonds is 5. The maximum Gasteiger partial charge on any atom is 0.313 e. The van der Waals surface area contributed by atoms with Crippen molar-refractivity contribution in [2.24, 2.45) is 0 Å². The van der Waals surface area contributed by atoms with Crippen LogP contribution in [0.2, 0.25) is 5.02 Å². The van der Waals surface area contributed by atoms with E-state index in [9.17, 15) is 14.9 Å². The molecule has 27 heavy (non-hydrogen) atoms. The van der Waals surface area contributed by atoms with E-state index >= 15 is 0 Å². The van der Waals surface area contributed by atoms with Gasteiger partial charge in [0.25, 0.3) is 5.91 Å². The van der Waals surface area contributed by atoms with Crippen LogP contribution in [0.1, 0.15) is 23.2 Å². The Kier molecular flexibility index (Phi) is 7.41. The van der Waals surface area contributed by atoms with Crippen LogP contribution in [-0.2, 0) is 0 Å². The minimum Gasteiger partial charge on any atom is -0.450 e. The molecule has 1 atom stereocenters. The number of amides is 1. The van der Waals surface area contributed by atoms with Crippen molar-refractivity contribution in [1.82, 2.24) is 10.6 Å². The fourth-order valence-electron chi connectivity index (χ4n) is 2.76. The smallest absolute Gasteiger partial charge is 0.313 e. The normalized spacial score (nSPS) is 16.1. The minimum atomic E-state index is -0.554. The first kappa shape index (κ1) is 21.0. The van der Waals surface area contributed by atoms with Gasteiger partial charge in [-0.3, -0.25) is 14.9 Å². The third-order valence-corrected chi connectivity index (χ3v) is 4.33. The Morgan fingerprint density at radius 2 is 2.00 bits per heavy atom. The highest BCUT2D eigenvalue weighted by Crippen LogP contribution is 2.33. The van der Waals surface area contributed by atoms with Crippen molar-refractivity contribution in [3.05, 3.63) is 63.2 Å². The van der Waals surface area contributed by atoms with E-state index in [4.69, 9.17) is 16.3 Å². The van der Waals surface area contributed by atoms with E-state index < -0.39 is 4.92 Å². The number of carbonyl (C=O) groups is 1. The van der Waals surface area contributed by atoms with Crippen LogP contribution >= 0.6 is 24.0 Å². The summed E-state index contributed by atoms with van der Waals surface area (Å²) in [4.78, 5) is 22.8. The molecule has 1 fully saturated rings. The fourth-order valence-corrected chi connectivity index (χ4v) is 2.93. The number of piperidine rings is 1. The van der Waals surface area contributed by atoms with Gasteiger partial charge < -0.3 is 15.4 Å². The molecule has 2 N–H and O–H groups in total. The standard InChI is InChI=1S/C18H18ClN3O4.ClH/c19-13-5-8-17(16(10-13)22(24)25)26-15-6-3-12(4-7-15)18(23)21-14-2-1-9-20-11-14;/h3-8,10,14,20H,1-2,9,11H2,(H,21,23);1H/t14-;/m0./s1. The summed E-state index contributed by atoms with van der Waals surface area (Å²) in [5.74, 6) is 0.332. The summed E-state index contributed by atoms with van der Waals surface area (Å²) in [6.45, 7) is 1.75. The van der Waals surface area contributed by atoms with Crippen molar-refractivity contribution in [2.45, 2.75) is 18.9 Å². The lowest BCUT2D eigenvalue weighted by Crippen LogP contribution is -2.45. The van der Waals surface area contributed by atoms with Crippen LogP contribution in [0.3, 0.4) is 0 Å². The second kappa shape index (κ2) is 9.55. The lowest BCUT2D eigenvalue weighted by molar-refractivity contribution is -0.385. The third kappa shape index (κ3) is 5.56. The molecule has 2 aromatic carbocycles. The predicted octanol–water partition coefficient (Wildman–Crippen LogP) is 3.94. The highest BCUT2D eigenvalue weighted by atomic mass is 35.5. The number of nitro groups is 1. The summed E-state index contributed by atoms with van der Waals surface area (Å²) in [5.41, 5.74) is 0.289. The first-order chi connectivity index (χ1) is 12.5. The highest BCUT2D eigenvalue weighted by Gasteiger charge is 2.18. The molecular formula is C18H19Cl2N3O4. The molecule has 1 heterocycles. The molecule has 0 spiro atoms. The Morgan fingerprint density at radius 3 is 2.63 bits per heavy atom. The molecule has 0 saturated carbocycles. The zero-order valence-electron chi connectivity index (χ0n) is 14.3. The van der Waals surface area contributed by atoms with E-state index in [0.717, 1.165) is 25.9 Å². The Hall–Kier alpha value is -2.35. The van der Waals surface area contributed by atoms with Gasteiger partial charge in [0.15, 0.2) is 0 Å². The lowest BCUT2D eigenvalue weighted by Gasteiger charge is -2.23. The molecule has 0 radical (unpaired) electrons. The molecule has 7 nitrogen and oxygen atoms in total. The van der Waals surface area contributed by atoms with Crippen molar-refractivity contribution < 1.29 is 14.5 Å². The second-order valence-corrected chi connectivity index (χ2v) is 6.45. The highest BCUT2D eigenvalue weighted by molar-refractivity contribution is 6.30. The van der Waals surface area contributed by atoms with Gasteiger partial charge in [0.05, 0.1) is 4.92 Å². The molecule has 0 aromatic heterocycles. The molecule has 3 rings (SSSR count). The van der Waals surface area contributed by atoms with E-state index in [2.05, 4.69) is 10.6 Å². The van der Waals surface area contributed by atoms with Crippen LogP contribution < -0.4 is 15.4 Å². The lowest BCUT2D eigenvalue weighted by atomic mass is 10.1. The maximum absolute atomic E-state index is 12.3. The van der Waals surface area contributed by atoms with Crippen molar-refractivity contribution in [3.8, 4) is 11.5 Å². The molecule has 1 aliphatic rings. The van der Waals surface area contributed by atoms with Crippen molar-refractivity contribution in [2.75, 3.05) is 13.1 Å². The topological polar surface area (TPSA) is 93.5 Å². The van der Waals surface area contributed by atoms with Gasteiger partial charge in [-0.05, 0) is 55.8 Å². The largest absolute Gasteiger partial charge is 0.450 e. The summed E-state index contributed by atoms with van der Waals surface area (Å²) >= 11 is 5.79. The van der Waals surface area contributed by atoms with Crippen LogP contribution in [0.5, 0.6) is 11.5 Å². The summed E-state index contributed by atoms with van der Waals surface area (Å²) in [6.07, 6.45) is 2.00. The number of nitro benzene ring substituents is 1. The zero-order chi connectivity index (χ0) is 18.5. The SMILES string of the molecule is Cl.O=C(N[C@H]1CCCNC1)c1ccc(Oc2ccc(Cl)cc2[N+](=O)[O-])cc1. The first-order valence-electron chi connectivity index (χ1n) is 8.26. The fraction of sp³-hybridized carbons (Fsp3) is 0.278. The molecule has 0 unspecified atom stereocenters. The van der Waals surface area contributed by atoms with Gasteiger partial charge in [-0.2, -0.15) is 0 Å². The van der Waals surface area contributed by atoms with E-state index in [1.807, 2.05) is 0 Å². The summed E-state index contributed by atoms with van der Waals surface area (Å²) in [5, 5.41) is 17.6. The average Bonchev–Trinajstić information content (AvgIpc) is 2.64. The first-order valence-corrected chi connectivity index (χ1v) is 8.64. The van der Waals surface area contributed by atoms with Crippen LogP contribution in [0, 0.1) is 10.1 Å². The molecule has 144 valence electrons. The number of hydrogen-bond donors (Lipinski definition) is 2. The van der Waals surface area contributed by atoms with Gasteiger partial charge in [-0.15, -0.1) is 12.4 Å². The third-order valence-electron chi connectivity index (χ3n) is 4.09. The van der Waals surface area contributed by atoms with E-state index in [-0.39, 0.29) is 40.8 Å². The number of nitrogens with zero attached hydrogens (tertiary/aromatic N) is 1. The van der Waals surface area contributed by atoms with Crippen molar-refractivity contribution in [3.63, 3.8) is 0 Å². The number of ether oxygens (including phenoxy) is 1. The molecule has 0 aliphatic carbocycles. The van der Waals surface area contributed by atoms with Crippen LogP contribution in [0.25, 0.3) is 0 Å². The van der Waals surface area contributed by atoms with Crippen molar-refractivity contribution in [1.29, 1.82) is 0 Å². The Labute approximate surface area is 167 Å². The number of halogens is 2. The molecular weight excluding hydrogens is 393 g/mol. The number of carbonyl (C=O) groups excluding carboxylic acids is 1. The molecule has 2 aromatic rings. The van der Waals surface area contributed by atoms with Gasteiger partial charge >= 0.3 is 5.69 Å². The molecule has 1 aliphatic heterocycles. The van der Waals surface area contributed by atoms with Gasteiger partial charge in [-0.25, -0.2) is 0 Å². The molecule has 1 saturated heterocycles. The summed E-state index contributed by atoms with van der Waals surface area (Å²) in [6, 6.07) is 10.8. The predicted molar refractivity (Wildman–Crippen MR) is 105 cm³/mol. The molecule has 9 heteroatoms. The van der Waals surface area contributed by atoms with E-state index in [1.165, 1.54) is 18.2 Å². The maximum atomic E-state index is 12.3. The Balaban J connectivity index is 0.00000261. The van der Waals surface area contributed by atoms with Crippen molar-refractivity contribution >= 4 is 35.6 Å². The van der Waals surface area contributed by atoms with Gasteiger partial charge in [0.2, 0.25) is 5.75 Å². The average molecular weight is 412 g/mol. The van der Waals surface area contributed by atoms with Crippen LogP contribution in [0.4, 0.5) is 5.69 Å². The Morgan fingerprint density at radius 1 is 1.26 bits per heavy atom. The van der Waals surface area contributed by atoms with E-state index in [0.29, 0.717) is 11.3 Å². The van der Waals surface area contributed by atoms with E-state index in [1.54, 1.807) is 24.3 Å². The summed E-state index contributed by atoms with van der Waals surface area (Å²) in [7, 11) is 0. The van der Waals surface area contributed by atoms with Gasteiger partial charge in [-0.1, -0.05) is 11.6 Å².